The van der Waals surface area contributed by atoms with Gasteiger partial charge in [0.2, 0.25) is 5.78 Å². The van der Waals surface area contributed by atoms with E-state index in [1.807, 2.05) is 0 Å². The summed E-state index contributed by atoms with van der Waals surface area (Å²) in [6, 6.07) is 11.3. The van der Waals surface area contributed by atoms with Crippen molar-refractivity contribution in [3.05, 3.63) is 65.1 Å². The highest BCUT2D eigenvalue weighted by molar-refractivity contribution is 6.16. The number of benzene rings is 2. The fourth-order valence-electron chi connectivity index (χ4n) is 5.30. The van der Waals surface area contributed by atoms with Crippen molar-refractivity contribution >= 4 is 22.7 Å². The minimum absolute atomic E-state index is 0.00844. The van der Waals surface area contributed by atoms with Gasteiger partial charge in [-0.3, -0.25) is 14.5 Å². The van der Waals surface area contributed by atoms with Crippen LogP contribution in [0.4, 0.5) is 0 Å². The molecule has 1 saturated heterocycles. The van der Waals surface area contributed by atoms with Crippen molar-refractivity contribution in [2.45, 2.75) is 12.5 Å². The molecule has 2 aliphatic heterocycles. The molecule has 0 spiro atoms. The summed E-state index contributed by atoms with van der Waals surface area (Å²) in [5.74, 6) is -0.527. The predicted octanol–water partition coefficient (Wildman–Crippen LogP) is 3.76. The summed E-state index contributed by atoms with van der Waals surface area (Å²) < 4.78 is 27.9. The molecule has 1 aromatic heterocycles. The number of para-hydroxylation sites is 2. The Kier molecular flexibility index (Phi) is 7.76. The highest BCUT2D eigenvalue weighted by Crippen LogP contribution is 2.45. The molecule has 0 aliphatic carbocycles. The second-order valence-electron chi connectivity index (χ2n) is 9.37. The Morgan fingerprint density at radius 1 is 1.00 bits per heavy atom. The van der Waals surface area contributed by atoms with E-state index in [0.29, 0.717) is 60.0 Å². The van der Waals surface area contributed by atoms with Crippen molar-refractivity contribution in [1.82, 2.24) is 9.80 Å². The van der Waals surface area contributed by atoms with Crippen LogP contribution in [0.3, 0.4) is 0 Å². The first kappa shape index (κ1) is 26.6. The smallest absolute Gasteiger partial charge is 0.290 e. The number of amides is 1. The normalized spacial score (nSPS) is 18.2. The van der Waals surface area contributed by atoms with Crippen LogP contribution in [-0.2, 0) is 9.53 Å². The van der Waals surface area contributed by atoms with Crippen LogP contribution in [0, 0.1) is 0 Å². The SMILES string of the molecule is COc1cccc([C@H]2C(C(=O)c3cc4cccc(OC)c4o3)=C(O)C(=O)N2CCCN2CCOCC2)c1OC. The molecule has 2 aromatic carbocycles. The summed E-state index contributed by atoms with van der Waals surface area (Å²) in [4.78, 5) is 31.2. The lowest BCUT2D eigenvalue weighted by Gasteiger charge is -2.30. The lowest BCUT2D eigenvalue weighted by Crippen LogP contribution is -2.39. The second-order valence-corrected chi connectivity index (χ2v) is 9.37. The molecule has 1 atom stereocenters. The Bertz CT molecular complexity index is 1410. The van der Waals surface area contributed by atoms with Gasteiger partial charge < -0.3 is 33.4 Å². The van der Waals surface area contributed by atoms with E-state index in [1.165, 1.54) is 26.2 Å². The third-order valence-corrected chi connectivity index (χ3v) is 7.21. The number of hydrogen-bond acceptors (Lipinski definition) is 9. The Labute approximate surface area is 226 Å². The summed E-state index contributed by atoms with van der Waals surface area (Å²) in [5, 5.41) is 11.8. The summed E-state index contributed by atoms with van der Waals surface area (Å²) in [6.45, 7) is 4.07. The van der Waals surface area contributed by atoms with Crippen LogP contribution >= 0.6 is 0 Å². The number of furan rings is 1. The zero-order chi connectivity index (χ0) is 27.5. The second kappa shape index (κ2) is 11.4. The van der Waals surface area contributed by atoms with Crippen LogP contribution < -0.4 is 14.2 Å². The lowest BCUT2D eigenvalue weighted by atomic mass is 9.94. The number of morpholine rings is 1. The number of rotatable bonds is 10. The molecule has 206 valence electrons. The minimum Gasteiger partial charge on any atom is -0.503 e. The highest BCUT2D eigenvalue weighted by Gasteiger charge is 2.45. The maximum absolute atomic E-state index is 14.0. The van der Waals surface area contributed by atoms with Crippen LogP contribution in [0.2, 0.25) is 0 Å². The van der Waals surface area contributed by atoms with Gasteiger partial charge in [0.15, 0.2) is 34.4 Å². The molecule has 0 bridgehead atoms. The number of Topliss-reactive ketones (excluding diaryl/α,β-unsaturated/α-hetero) is 1. The molecular formula is C29H32N2O8. The average molecular weight is 537 g/mol. The summed E-state index contributed by atoms with van der Waals surface area (Å²) >= 11 is 0. The molecule has 2 aliphatic rings. The molecule has 39 heavy (non-hydrogen) atoms. The molecule has 1 fully saturated rings. The predicted molar refractivity (Wildman–Crippen MR) is 143 cm³/mol. The molecule has 0 saturated carbocycles. The third-order valence-electron chi connectivity index (χ3n) is 7.21. The van der Waals surface area contributed by atoms with E-state index >= 15 is 0 Å². The number of nitrogens with zero attached hydrogens (tertiary/aromatic N) is 2. The average Bonchev–Trinajstić information content (AvgIpc) is 3.52. The van der Waals surface area contributed by atoms with E-state index in [-0.39, 0.29) is 11.3 Å². The molecule has 3 heterocycles. The largest absolute Gasteiger partial charge is 0.503 e. The molecule has 10 heteroatoms. The topological polar surface area (TPSA) is 111 Å². The van der Waals surface area contributed by atoms with E-state index in [2.05, 4.69) is 4.90 Å². The first-order valence-electron chi connectivity index (χ1n) is 12.8. The van der Waals surface area contributed by atoms with Crippen molar-refractivity contribution in [1.29, 1.82) is 0 Å². The van der Waals surface area contributed by atoms with Gasteiger partial charge in [0.1, 0.15) is 0 Å². The number of carbonyl (C=O) groups is 2. The number of ether oxygens (including phenoxy) is 4. The van der Waals surface area contributed by atoms with Crippen LogP contribution in [0.1, 0.15) is 28.6 Å². The molecular weight excluding hydrogens is 504 g/mol. The van der Waals surface area contributed by atoms with Crippen molar-refractivity contribution < 1.29 is 38.1 Å². The van der Waals surface area contributed by atoms with E-state index in [0.717, 1.165) is 19.6 Å². The summed E-state index contributed by atoms with van der Waals surface area (Å²) in [5.41, 5.74) is 0.860. The summed E-state index contributed by atoms with van der Waals surface area (Å²) in [6.07, 6.45) is 0.644. The van der Waals surface area contributed by atoms with Gasteiger partial charge in [-0.2, -0.15) is 0 Å². The highest BCUT2D eigenvalue weighted by atomic mass is 16.5. The van der Waals surface area contributed by atoms with Gasteiger partial charge in [0.25, 0.3) is 5.91 Å². The maximum Gasteiger partial charge on any atom is 0.290 e. The van der Waals surface area contributed by atoms with Crippen molar-refractivity contribution in [3.63, 3.8) is 0 Å². The third kappa shape index (κ3) is 4.93. The quantitative estimate of drug-likeness (QED) is 0.387. The lowest BCUT2D eigenvalue weighted by molar-refractivity contribution is -0.129. The Balaban J connectivity index is 1.54. The number of methoxy groups -OCH3 is 3. The van der Waals surface area contributed by atoms with Gasteiger partial charge in [-0.1, -0.05) is 24.3 Å². The van der Waals surface area contributed by atoms with Crippen LogP contribution in [-0.4, -0.2) is 87.3 Å². The number of fused-ring (bicyclic) bond motifs is 1. The number of hydrogen-bond donors (Lipinski definition) is 1. The monoisotopic (exact) mass is 536 g/mol. The zero-order valence-electron chi connectivity index (χ0n) is 22.3. The maximum atomic E-state index is 14.0. The van der Waals surface area contributed by atoms with E-state index in [1.54, 1.807) is 42.5 Å². The van der Waals surface area contributed by atoms with Gasteiger partial charge >= 0.3 is 0 Å². The van der Waals surface area contributed by atoms with Gasteiger partial charge in [0.05, 0.1) is 46.2 Å². The van der Waals surface area contributed by atoms with Crippen molar-refractivity contribution in [2.75, 3.05) is 60.7 Å². The fraction of sp³-hybridized carbons (Fsp3) is 0.379. The van der Waals surface area contributed by atoms with Crippen molar-refractivity contribution in [3.8, 4) is 17.2 Å². The van der Waals surface area contributed by atoms with E-state index in [4.69, 9.17) is 23.4 Å². The Morgan fingerprint density at radius 3 is 2.44 bits per heavy atom. The molecule has 10 nitrogen and oxygen atoms in total. The Hall–Kier alpha value is -4.02. The van der Waals surface area contributed by atoms with Gasteiger partial charge in [-0.15, -0.1) is 0 Å². The molecule has 3 aromatic rings. The van der Waals surface area contributed by atoms with Crippen LogP contribution in [0.15, 0.2) is 58.2 Å². The Morgan fingerprint density at radius 2 is 1.72 bits per heavy atom. The van der Waals surface area contributed by atoms with E-state index in [9.17, 15) is 14.7 Å². The van der Waals surface area contributed by atoms with Crippen molar-refractivity contribution in [2.24, 2.45) is 0 Å². The number of aliphatic hydroxyl groups is 1. The summed E-state index contributed by atoms with van der Waals surface area (Å²) in [7, 11) is 4.53. The molecule has 0 radical (unpaired) electrons. The molecule has 5 rings (SSSR count). The van der Waals surface area contributed by atoms with Crippen LogP contribution in [0.25, 0.3) is 11.0 Å². The van der Waals surface area contributed by atoms with Gasteiger partial charge in [-0.05, 0) is 24.6 Å². The number of ketones is 1. The molecule has 1 amide bonds. The van der Waals surface area contributed by atoms with Crippen LogP contribution in [0.5, 0.6) is 17.2 Å². The first-order valence-corrected chi connectivity index (χ1v) is 12.8. The fourth-order valence-corrected chi connectivity index (χ4v) is 5.30. The van der Waals surface area contributed by atoms with E-state index < -0.39 is 23.5 Å². The molecule has 0 unspecified atom stereocenters. The number of aliphatic hydroxyl groups excluding tert-OH is 1. The zero-order valence-corrected chi connectivity index (χ0v) is 22.3. The molecule has 1 N–H and O–H groups in total. The van der Waals surface area contributed by atoms with Gasteiger partial charge in [0, 0.05) is 37.1 Å². The number of carbonyl (C=O) groups excluding carboxylic acids is 2. The van der Waals surface area contributed by atoms with Gasteiger partial charge in [-0.25, -0.2) is 0 Å². The minimum atomic E-state index is -0.908. The first-order chi connectivity index (χ1) is 19.0. The standard InChI is InChI=1S/C29H32N2O8/c1-35-20-9-4-7-18-17-22(39-27(18)20)25(32)23-24(19-8-5-10-21(36-2)28(19)37-3)31(29(34)26(23)33)12-6-11-30-13-15-38-16-14-30/h4-5,7-10,17,24,33H,6,11-16H2,1-3H3/t24-/m0/s1.